The molecule has 1 aromatic heterocycles. The van der Waals surface area contributed by atoms with E-state index in [9.17, 15) is 4.79 Å². The van der Waals surface area contributed by atoms with E-state index in [2.05, 4.69) is 17.1 Å². The number of rotatable bonds is 7. The minimum absolute atomic E-state index is 0.0913. The van der Waals surface area contributed by atoms with Crippen molar-refractivity contribution in [3.05, 3.63) is 59.7 Å². The van der Waals surface area contributed by atoms with Crippen molar-refractivity contribution in [1.29, 1.82) is 0 Å². The van der Waals surface area contributed by atoms with Gasteiger partial charge in [-0.25, -0.2) is 0 Å². The minimum atomic E-state index is -0.251. The molecule has 0 aliphatic rings. The van der Waals surface area contributed by atoms with Gasteiger partial charge in [0, 0.05) is 18.2 Å². The number of methoxy groups -OCH3 is 1. The molecule has 1 atom stereocenters. The van der Waals surface area contributed by atoms with Crippen molar-refractivity contribution in [2.24, 2.45) is 7.05 Å². The van der Waals surface area contributed by atoms with Gasteiger partial charge in [-0.05, 0) is 31.0 Å². The van der Waals surface area contributed by atoms with Crippen LogP contribution in [-0.4, -0.2) is 32.9 Å². The molecule has 5 nitrogen and oxygen atoms in total. The summed E-state index contributed by atoms with van der Waals surface area (Å²) in [7, 11) is 3.54. The van der Waals surface area contributed by atoms with Crippen molar-refractivity contribution in [2.75, 3.05) is 7.11 Å². The number of ketones is 1. The van der Waals surface area contributed by atoms with Gasteiger partial charge in [0.2, 0.25) is 0 Å². The summed E-state index contributed by atoms with van der Waals surface area (Å²) >= 11 is 1.42. The Hall–Kier alpha value is -2.60. The highest BCUT2D eigenvalue weighted by Gasteiger charge is 2.20. The van der Waals surface area contributed by atoms with Gasteiger partial charge in [-0.2, -0.15) is 0 Å². The number of benzene rings is 2. The fourth-order valence-electron chi connectivity index (χ4n) is 2.78. The van der Waals surface area contributed by atoms with Crippen molar-refractivity contribution < 1.29 is 9.53 Å². The highest BCUT2D eigenvalue weighted by atomic mass is 32.2. The summed E-state index contributed by atoms with van der Waals surface area (Å²) in [5.41, 5.74) is 2.87. The molecule has 0 aliphatic heterocycles. The van der Waals surface area contributed by atoms with Crippen molar-refractivity contribution >= 4 is 17.5 Å². The van der Waals surface area contributed by atoms with Gasteiger partial charge in [0.25, 0.3) is 0 Å². The Morgan fingerprint density at radius 2 is 1.93 bits per heavy atom. The third-order valence-electron chi connectivity index (χ3n) is 4.46. The first kappa shape index (κ1) is 19.2. The number of nitrogens with zero attached hydrogens (tertiary/aromatic N) is 3. The van der Waals surface area contributed by atoms with E-state index >= 15 is 0 Å². The second-order valence-corrected chi connectivity index (χ2v) is 7.58. The van der Waals surface area contributed by atoms with Crippen LogP contribution in [0.3, 0.4) is 0 Å². The van der Waals surface area contributed by atoms with Gasteiger partial charge in [0.1, 0.15) is 5.75 Å². The van der Waals surface area contributed by atoms with E-state index in [0.717, 1.165) is 29.1 Å². The fourth-order valence-corrected chi connectivity index (χ4v) is 3.67. The van der Waals surface area contributed by atoms with E-state index < -0.39 is 0 Å². The molecule has 0 aliphatic carbocycles. The first-order valence-electron chi connectivity index (χ1n) is 8.87. The number of carbonyl (C=O) groups is 1. The zero-order valence-corrected chi connectivity index (χ0v) is 16.8. The summed E-state index contributed by atoms with van der Waals surface area (Å²) in [6.07, 6.45) is 0.963. The highest BCUT2D eigenvalue weighted by Crippen LogP contribution is 2.28. The summed E-state index contributed by atoms with van der Waals surface area (Å²) in [4.78, 5) is 12.7. The first-order valence-corrected chi connectivity index (χ1v) is 9.75. The van der Waals surface area contributed by atoms with Gasteiger partial charge in [-0.15, -0.1) is 10.2 Å². The predicted octanol–water partition coefficient (Wildman–Crippen LogP) is 4.42. The molecule has 3 aromatic rings. The summed E-state index contributed by atoms with van der Waals surface area (Å²) in [6.45, 7) is 4.00. The third-order valence-corrected chi connectivity index (χ3v) is 5.59. The Morgan fingerprint density at radius 1 is 1.19 bits per heavy atom. The van der Waals surface area contributed by atoms with Crippen molar-refractivity contribution in [3.8, 4) is 17.1 Å². The van der Waals surface area contributed by atoms with Crippen LogP contribution in [0.1, 0.15) is 29.8 Å². The summed E-state index contributed by atoms with van der Waals surface area (Å²) < 4.78 is 7.18. The molecule has 0 radical (unpaired) electrons. The largest absolute Gasteiger partial charge is 0.497 e. The molecular formula is C21H23N3O2S. The van der Waals surface area contributed by atoms with Crippen LogP contribution in [0.2, 0.25) is 0 Å². The number of thioether (sulfide) groups is 1. The lowest BCUT2D eigenvalue weighted by Crippen LogP contribution is -2.14. The van der Waals surface area contributed by atoms with Crippen LogP contribution in [0.4, 0.5) is 0 Å². The van der Waals surface area contributed by atoms with E-state index in [1.807, 2.05) is 67.1 Å². The average Bonchev–Trinajstić information content (AvgIpc) is 3.07. The summed E-state index contributed by atoms with van der Waals surface area (Å²) in [5, 5.41) is 9.02. The smallest absolute Gasteiger partial charge is 0.191 e. The monoisotopic (exact) mass is 381 g/mol. The Bertz CT molecular complexity index is 935. The molecule has 1 unspecified atom stereocenters. The number of ether oxygens (including phenoxy) is 1. The van der Waals surface area contributed by atoms with E-state index in [0.29, 0.717) is 5.16 Å². The van der Waals surface area contributed by atoms with Gasteiger partial charge in [0.05, 0.1) is 12.4 Å². The molecule has 0 saturated carbocycles. The normalized spacial score (nSPS) is 12.0. The molecular weight excluding hydrogens is 358 g/mol. The lowest BCUT2D eigenvalue weighted by atomic mass is 10.1. The molecule has 0 spiro atoms. The topological polar surface area (TPSA) is 57.0 Å². The zero-order chi connectivity index (χ0) is 19.4. The molecule has 2 aromatic carbocycles. The maximum absolute atomic E-state index is 12.7. The lowest BCUT2D eigenvalue weighted by Gasteiger charge is -2.11. The van der Waals surface area contributed by atoms with Gasteiger partial charge in [-0.1, -0.05) is 55.1 Å². The van der Waals surface area contributed by atoms with E-state index in [1.54, 1.807) is 7.11 Å². The summed E-state index contributed by atoms with van der Waals surface area (Å²) in [5.74, 6) is 1.60. The Morgan fingerprint density at radius 3 is 2.59 bits per heavy atom. The predicted molar refractivity (Wildman–Crippen MR) is 108 cm³/mol. The van der Waals surface area contributed by atoms with Crippen molar-refractivity contribution in [3.63, 3.8) is 0 Å². The molecule has 0 saturated heterocycles. The van der Waals surface area contributed by atoms with Crippen LogP contribution in [0.25, 0.3) is 11.4 Å². The fraction of sp³-hybridized carbons (Fsp3) is 0.286. The molecule has 0 N–H and O–H groups in total. The number of aromatic nitrogens is 3. The Labute approximate surface area is 163 Å². The van der Waals surface area contributed by atoms with Crippen LogP contribution in [0.5, 0.6) is 5.75 Å². The molecule has 3 rings (SSSR count). The third kappa shape index (κ3) is 4.22. The standard InChI is InChI=1S/C21H23N3O2S/c1-5-15-9-11-16(12-10-15)19(25)14(2)27-21-23-22-20(24(21)3)17-7-6-8-18(13-17)26-4/h6-14H,5H2,1-4H3. The number of carbonyl (C=O) groups excluding carboxylic acids is 1. The number of hydrogen-bond acceptors (Lipinski definition) is 5. The summed E-state index contributed by atoms with van der Waals surface area (Å²) in [6, 6.07) is 15.5. The van der Waals surface area contributed by atoms with Crippen LogP contribution >= 0.6 is 11.8 Å². The van der Waals surface area contributed by atoms with Crippen LogP contribution in [0, 0.1) is 0 Å². The van der Waals surface area contributed by atoms with Crippen molar-refractivity contribution in [1.82, 2.24) is 14.8 Å². The second-order valence-electron chi connectivity index (χ2n) is 6.27. The number of Topliss-reactive ketones (excluding diaryl/α,β-unsaturated/α-hetero) is 1. The Kier molecular flexibility index (Phi) is 5.96. The molecule has 0 fully saturated rings. The molecule has 0 bridgehead atoms. The molecule has 0 amide bonds. The number of aryl methyl sites for hydroxylation is 1. The molecule has 1 heterocycles. The van der Waals surface area contributed by atoms with E-state index in [4.69, 9.17) is 4.74 Å². The first-order chi connectivity index (χ1) is 13.0. The molecule has 6 heteroatoms. The van der Waals surface area contributed by atoms with Crippen molar-refractivity contribution in [2.45, 2.75) is 30.7 Å². The average molecular weight is 382 g/mol. The van der Waals surface area contributed by atoms with Crippen LogP contribution < -0.4 is 4.74 Å². The highest BCUT2D eigenvalue weighted by molar-refractivity contribution is 8.00. The van der Waals surface area contributed by atoms with Gasteiger partial charge >= 0.3 is 0 Å². The SMILES string of the molecule is CCc1ccc(C(=O)C(C)Sc2nnc(-c3cccc(OC)c3)n2C)cc1. The van der Waals surface area contributed by atoms with Gasteiger partial charge in [0.15, 0.2) is 16.8 Å². The van der Waals surface area contributed by atoms with Gasteiger partial charge < -0.3 is 9.30 Å². The minimum Gasteiger partial charge on any atom is -0.497 e. The zero-order valence-electron chi connectivity index (χ0n) is 16.0. The quantitative estimate of drug-likeness (QED) is 0.448. The van der Waals surface area contributed by atoms with E-state index in [-0.39, 0.29) is 11.0 Å². The van der Waals surface area contributed by atoms with Crippen LogP contribution in [0.15, 0.2) is 53.7 Å². The van der Waals surface area contributed by atoms with Crippen LogP contribution in [-0.2, 0) is 13.5 Å². The molecule has 27 heavy (non-hydrogen) atoms. The Balaban J connectivity index is 1.77. The second kappa shape index (κ2) is 8.39. The maximum Gasteiger partial charge on any atom is 0.191 e. The van der Waals surface area contributed by atoms with Gasteiger partial charge in [-0.3, -0.25) is 4.79 Å². The maximum atomic E-state index is 12.7. The molecule has 140 valence electrons. The lowest BCUT2D eigenvalue weighted by molar-refractivity contribution is 0.0994. The van der Waals surface area contributed by atoms with E-state index in [1.165, 1.54) is 17.3 Å². The number of hydrogen-bond donors (Lipinski definition) is 0.